The molecule has 59 heavy (non-hydrogen) atoms. The van der Waals surface area contributed by atoms with E-state index >= 15 is 0 Å². The minimum absolute atomic E-state index is 0.0215. The van der Waals surface area contributed by atoms with Gasteiger partial charge in [-0.15, -0.1) is 6.58 Å². The van der Waals surface area contributed by atoms with Gasteiger partial charge < -0.3 is 49.3 Å². The summed E-state index contributed by atoms with van der Waals surface area (Å²) in [6.45, 7) is 13.6. The van der Waals surface area contributed by atoms with E-state index in [9.17, 15) is 29.7 Å². The summed E-state index contributed by atoms with van der Waals surface area (Å²) in [5.41, 5.74) is 5.44. The van der Waals surface area contributed by atoms with Gasteiger partial charge in [-0.25, -0.2) is 4.79 Å². The zero-order valence-electron chi connectivity index (χ0n) is 36.9. The van der Waals surface area contributed by atoms with Crippen molar-refractivity contribution in [3.8, 4) is 0 Å². The normalized spacial score (nSPS) is 40.6. The third kappa shape index (κ3) is 11.9. The van der Waals surface area contributed by atoms with Crippen molar-refractivity contribution < 1.29 is 53.4 Å². The number of nitrogens with one attached hydrogen (secondary N) is 1. The quantitative estimate of drug-likeness (QED) is 0.115. The van der Waals surface area contributed by atoms with Crippen LogP contribution in [0.5, 0.6) is 0 Å². The van der Waals surface area contributed by atoms with Crippen molar-refractivity contribution in [2.24, 2.45) is 34.7 Å². The lowest BCUT2D eigenvalue weighted by atomic mass is 9.81. The maximum Gasteiger partial charge on any atom is 0.329 e. The molecule has 334 valence electrons. The van der Waals surface area contributed by atoms with Gasteiger partial charge in [0.2, 0.25) is 5.79 Å². The molecule has 3 heterocycles. The van der Waals surface area contributed by atoms with Gasteiger partial charge in [-0.1, -0.05) is 44.6 Å². The summed E-state index contributed by atoms with van der Waals surface area (Å²) in [4.78, 5) is 44.2. The number of carbonyl (C=O) groups is 3. The Morgan fingerprint density at radius 3 is 2.31 bits per heavy atom. The summed E-state index contributed by atoms with van der Waals surface area (Å²) in [5, 5.41) is 39.3. The first kappa shape index (κ1) is 48.7. The van der Waals surface area contributed by atoms with Gasteiger partial charge in [0.1, 0.15) is 18.2 Å². The largest absolute Gasteiger partial charge is 0.456 e. The van der Waals surface area contributed by atoms with Crippen LogP contribution in [0.15, 0.2) is 41.1 Å². The number of aliphatic hydroxyl groups is 3. The first-order chi connectivity index (χ1) is 28.0. The second kappa shape index (κ2) is 22.2. The Morgan fingerprint density at radius 2 is 1.66 bits per heavy atom. The second-order valence-corrected chi connectivity index (χ2v) is 17.6. The van der Waals surface area contributed by atoms with Gasteiger partial charge in [0, 0.05) is 64.8 Å². The van der Waals surface area contributed by atoms with Gasteiger partial charge in [0.15, 0.2) is 0 Å². The maximum atomic E-state index is 14.4. The van der Waals surface area contributed by atoms with Crippen molar-refractivity contribution in [3.05, 3.63) is 36.0 Å². The molecular formula is C45H73N3O11. The third-order valence-corrected chi connectivity index (χ3v) is 13.2. The minimum atomic E-state index is -2.49. The van der Waals surface area contributed by atoms with Crippen LogP contribution in [0.4, 0.5) is 0 Å². The number of aliphatic hydroxyl groups excluding tert-OH is 2. The van der Waals surface area contributed by atoms with E-state index in [0.717, 1.165) is 5.57 Å². The third-order valence-electron chi connectivity index (χ3n) is 13.2. The van der Waals surface area contributed by atoms with Crippen LogP contribution in [-0.4, -0.2) is 133 Å². The van der Waals surface area contributed by atoms with E-state index in [-0.39, 0.29) is 49.7 Å². The summed E-state index contributed by atoms with van der Waals surface area (Å²) in [6, 6.07) is -1.11. The number of nitrogens with zero attached hydrogens (tertiary/aromatic N) is 2. The highest BCUT2D eigenvalue weighted by atomic mass is 16.7. The van der Waals surface area contributed by atoms with Crippen LogP contribution >= 0.6 is 0 Å². The molecule has 3 fully saturated rings. The molecular weight excluding hydrogens is 759 g/mol. The van der Waals surface area contributed by atoms with Crippen LogP contribution < -0.4 is 5.43 Å². The van der Waals surface area contributed by atoms with Crippen LogP contribution in [0.2, 0.25) is 0 Å². The predicted molar refractivity (Wildman–Crippen MR) is 224 cm³/mol. The molecule has 0 radical (unpaired) electrons. The van der Waals surface area contributed by atoms with Crippen LogP contribution in [0.3, 0.4) is 0 Å². The smallest absolute Gasteiger partial charge is 0.329 e. The molecule has 1 amide bonds. The summed E-state index contributed by atoms with van der Waals surface area (Å²) in [5.74, 6) is -6.91. The fraction of sp³-hybridized carbons (Fsp3) is 0.778. The van der Waals surface area contributed by atoms with Gasteiger partial charge in [0.05, 0.1) is 30.5 Å². The summed E-state index contributed by atoms with van der Waals surface area (Å²) < 4.78 is 30.1. The molecule has 0 aromatic heterocycles. The van der Waals surface area contributed by atoms with E-state index in [1.807, 2.05) is 26.0 Å². The molecule has 2 saturated heterocycles. The van der Waals surface area contributed by atoms with Crippen molar-refractivity contribution >= 4 is 23.4 Å². The Bertz CT molecular complexity index is 1530. The number of piperidine rings is 1. The molecule has 14 atom stereocenters. The van der Waals surface area contributed by atoms with E-state index < -0.39 is 77.9 Å². The standard InChI is InChI=1S/C45H73N3O11/c1-11-14-32-20-26(2)19-27(3)21-38(56-9)41-39(57-10)23-29(5)45(54,59-41)42(51)43(52)48-18-13-12-15-34(48)44(53)58-40(30(6)36(50)25-33(32)47-46-7)28(4)22-31-16-17-35(49)37(24-31)55-8/h11,20,22,27,29-32,34-41,46,49-50,54H,1,12-19,21,23-25H2,2-10H3/b26-20+,28-22+,47-33-/t27-,29+,30+,31-,32+,34-,35+,36-,37+,38-,39-,40+,41+,45+/m0/s1. The van der Waals surface area contributed by atoms with Crippen LogP contribution in [-0.2, 0) is 38.1 Å². The summed E-state index contributed by atoms with van der Waals surface area (Å²) in [6.07, 6.45) is 6.60. The molecule has 0 spiro atoms. The van der Waals surface area contributed by atoms with Gasteiger partial charge in [-0.3, -0.25) is 9.59 Å². The zero-order chi connectivity index (χ0) is 43.6. The van der Waals surface area contributed by atoms with Gasteiger partial charge in [0.25, 0.3) is 11.7 Å². The highest BCUT2D eigenvalue weighted by Gasteiger charge is 2.56. The van der Waals surface area contributed by atoms with Crippen molar-refractivity contribution in [1.29, 1.82) is 0 Å². The van der Waals surface area contributed by atoms with Crippen LogP contribution in [0.25, 0.3) is 0 Å². The molecule has 14 nitrogen and oxygen atoms in total. The van der Waals surface area contributed by atoms with Gasteiger partial charge in [-0.05, 0) is 95.5 Å². The number of esters is 1. The van der Waals surface area contributed by atoms with Crippen molar-refractivity contribution in [2.75, 3.05) is 34.9 Å². The number of amides is 1. The number of ketones is 1. The van der Waals surface area contributed by atoms with E-state index in [4.69, 9.17) is 23.7 Å². The average molecular weight is 832 g/mol. The van der Waals surface area contributed by atoms with E-state index in [1.165, 1.54) is 4.90 Å². The second-order valence-electron chi connectivity index (χ2n) is 17.6. The Balaban J connectivity index is 1.82. The fourth-order valence-corrected chi connectivity index (χ4v) is 9.71. The van der Waals surface area contributed by atoms with Gasteiger partial charge in [-0.2, -0.15) is 5.10 Å². The molecule has 0 unspecified atom stereocenters. The number of hydrogen-bond acceptors (Lipinski definition) is 13. The molecule has 0 aromatic rings. The number of methoxy groups -OCH3 is 3. The lowest BCUT2D eigenvalue weighted by Crippen LogP contribution is -2.64. The maximum absolute atomic E-state index is 14.4. The molecule has 4 N–H and O–H groups in total. The molecule has 4 aliphatic rings. The summed E-state index contributed by atoms with van der Waals surface area (Å²) >= 11 is 0. The van der Waals surface area contributed by atoms with Crippen LogP contribution in [0, 0.1) is 29.6 Å². The number of rotatable bonds is 8. The number of hydrogen-bond donors (Lipinski definition) is 4. The number of Topliss-reactive ketones (excluding diaryl/α,β-unsaturated/α-hetero) is 1. The molecule has 14 heteroatoms. The zero-order valence-corrected chi connectivity index (χ0v) is 36.9. The highest BCUT2D eigenvalue weighted by molar-refractivity contribution is 6.39. The number of ether oxygens (including phenoxy) is 5. The van der Waals surface area contributed by atoms with Crippen LogP contribution in [0.1, 0.15) is 105 Å². The number of cyclic esters (lactones) is 1. The van der Waals surface area contributed by atoms with E-state index in [2.05, 4.69) is 37.0 Å². The lowest BCUT2D eigenvalue weighted by Gasteiger charge is -2.47. The molecule has 1 saturated carbocycles. The first-order valence-electron chi connectivity index (χ1n) is 21.6. The monoisotopic (exact) mass is 832 g/mol. The first-order valence-corrected chi connectivity index (χ1v) is 21.6. The number of fused-ring (bicyclic) bond motifs is 3. The van der Waals surface area contributed by atoms with Crippen molar-refractivity contribution in [2.45, 2.75) is 160 Å². The topological polar surface area (TPSA) is 186 Å². The lowest BCUT2D eigenvalue weighted by molar-refractivity contribution is -0.302. The van der Waals surface area contributed by atoms with Crippen molar-refractivity contribution in [3.63, 3.8) is 0 Å². The minimum Gasteiger partial charge on any atom is -0.456 e. The molecule has 3 aliphatic heterocycles. The number of hydrazone groups is 1. The van der Waals surface area contributed by atoms with E-state index in [0.29, 0.717) is 62.7 Å². The SMILES string of the molecule is C=CC[C@@H]1/C=C(\C)C[C@H](C)C[C@H](OC)[C@H]2O[C@@](O)(C(=O)C(=O)N3CCCC[C@H]3C(=O)O[C@H](/C(C)=C/[C@@H]3CC[C@@H](O)[C@H](OC)C3)[C@H](C)[C@@H](O)C/C1=N/NC)[C@H](C)C[C@@H]2OC. The number of carbonyl (C=O) groups excluding carboxylic acids is 3. The molecule has 1 aliphatic carbocycles. The molecule has 2 bridgehead atoms. The summed E-state index contributed by atoms with van der Waals surface area (Å²) in [7, 11) is 6.40. The Labute approximate surface area is 351 Å². The predicted octanol–water partition coefficient (Wildman–Crippen LogP) is 4.65. The average Bonchev–Trinajstić information content (AvgIpc) is 3.21. The Kier molecular flexibility index (Phi) is 18.3. The van der Waals surface area contributed by atoms with Gasteiger partial charge >= 0.3 is 5.97 Å². The van der Waals surface area contributed by atoms with E-state index in [1.54, 1.807) is 35.3 Å². The Morgan fingerprint density at radius 1 is 0.983 bits per heavy atom. The highest BCUT2D eigenvalue weighted by Crippen LogP contribution is 2.39. The number of allylic oxidation sites excluding steroid dienone is 4. The Hall–Kier alpha value is -2.98. The molecule has 0 aromatic carbocycles. The van der Waals surface area contributed by atoms with Crippen molar-refractivity contribution in [1.82, 2.24) is 10.3 Å². The fourth-order valence-electron chi connectivity index (χ4n) is 9.71. The molecule has 4 rings (SSSR count).